The van der Waals surface area contributed by atoms with E-state index in [4.69, 9.17) is 5.84 Å². The maximum atomic E-state index is 5.61. The molecule has 0 radical (unpaired) electrons. The number of rotatable bonds is 4. The number of halogens is 1. The van der Waals surface area contributed by atoms with Gasteiger partial charge in [-0.25, -0.2) is 4.68 Å². The molecule has 0 amide bonds. The first-order valence-electron chi connectivity index (χ1n) is 5.27. The number of hydrogen-bond acceptors (Lipinski definition) is 4. The van der Waals surface area contributed by atoms with Crippen LogP contribution < -0.4 is 11.3 Å². The molecule has 0 saturated carbocycles. The van der Waals surface area contributed by atoms with Crippen LogP contribution in [0.3, 0.4) is 0 Å². The zero-order valence-corrected chi connectivity index (χ0v) is 11.1. The summed E-state index contributed by atoms with van der Waals surface area (Å²) in [5.41, 5.74) is 4.96. The lowest BCUT2D eigenvalue weighted by Crippen LogP contribution is -2.31. The lowest BCUT2D eigenvalue weighted by atomic mass is 10.0. The smallest absolute Gasteiger partial charge is 0.153 e. The van der Waals surface area contributed by atoms with Crippen molar-refractivity contribution >= 4 is 15.9 Å². The van der Waals surface area contributed by atoms with Crippen LogP contribution in [-0.4, -0.2) is 15.0 Å². The second-order valence-corrected chi connectivity index (χ2v) is 4.55. The van der Waals surface area contributed by atoms with Crippen LogP contribution in [0.2, 0.25) is 0 Å². The molecule has 3 N–H and O–H groups in total. The normalized spacial score (nSPS) is 12.6. The molecule has 0 bridgehead atoms. The van der Waals surface area contributed by atoms with E-state index in [-0.39, 0.29) is 6.04 Å². The van der Waals surface area contributed by atoms with Crippen molar-refractivity contribution < 1.29 is 0 Å². The van der Waals surface area contributed by atoms with Crippen LogP contribution in [0.15, 0.2) is 34.9 Å². The summed E-state index contributed by atoms with van der Waals surface area (Å²) in [6.07, 6.45) is 0.789. The van der Waals surface area contributed by atoms with Crippen molar-refractivity contribution in [2.45, 2.75) is 12.5 Å². The van der Waals surface area contributed by atoms with Crippen LogP contribution in [0.1, 0.15) is 17.3 Å². The number of nitrogens with zero attached hydrogens (tertiary/aromatic N) is 3. The highest BCUT2D eigenvalue weighted by Crippen LogP contribution is 2.22. The Morgan fingerprint density at radius 3 is 2.65 bits per heavy atom. The van der Waals surface area contributed by atoms with Gasteiger partial charge in [0.2, 0.25) is 0 Å². The maximum Gasteiger partial charge on any atom is 0.153 e. The molecule has 5 nitrogen and oxygen atoms in total. The van der Waals surface area contributed by atoms with Crippen molar-refractivity contribution in [3.05, 3.63) is 46.2 Å². The van der Waals surface area contributed by atoms with Gasteiger partial charge in [-0.15, -0.1) is 5.10 Å². The third-order valence-corrected chi connectivity index (χ3v) is 3.21. The number of hydrazine groups is 1. The van der Waals surface area contributed by atoms with Gasteiger partial charge >= 0.3 is 0 Å². The Bertz CT molecular complexity index is 462. The van der Waals surface area contributed by atoms with Crippen molar-refractivity contribution in [2.75, 3.05) is 0 Å². The van der Waals surface area contributed by atoms with E-state index in [0.717, 1.165) is 16.7 Å². The fraction of sp³-hybridized carbons (Fsp3) is 0.273. The molecule has 6 heteroatoms. The van der Waals surface area contributed by atoms with E-state index in [1.54, 1.807) is 4.68 Å². The molecule has 1 aromatic carbocycles. The Kier molecular flexibility index (Phi) is 3.88. The Hall–Kier alpha value is -1.24. The topological polar surface area (TPSA) is 68.8 Å². The quantitative estimate of drug-likeness (QED) is 0.659. The molecule has 0 aliphatic carbocycles. The Morgan fingerprint density at radius 2 is 2.12 bits per heavy atom. The fourth-order valence-electron chi connectivity index (χ4n) is 1.79. The van der Waals surface area contributed by atoms with Gasteiger partial charge in [0.25, 0.3) is 0 Å². The zero-order valence-electron chi connectivity index (χ0n) is 9.47. The molecule has 17 heavy (non-hydrogen) atoms. The van der Waals surface area contributed by atoms with Crippen molar-refractivity contribution in [3.63, 3.8) is 0 Å². The van der Waals surface area contributed by atoms with Crippen molar-refractivity contribution in [2.24, 2.45) is 12.9 Å². The highest BCUT2D eigenvalue weighted by atomic mass is 79.9. The van der Waals surface area contributed by atoms with Crippen LogP contribution in [-0.2, 0) is 13.5 Å². The van der Waals surface area contributed by atoms with Crippen LogP contribution in [0, 0.1) is 0 Å². The predicted octanol–water partition coefficient (Wildman–Crippen LogP) is 1.32. The summed E-state index contributed by atoms with van der Waals surface area (Å²) in [5.74, 6) is 5.61. The van der Waals surface area contributed by atoms with Gasteiger partial charge in [0.05, 0.1) is 11.7 Å². The first-order chi connectivity index (χ1) is 8.22. The minimum absolute atomic E-state index is 0.0215. The number of nitrogens with two attached hydrogens (primary N) is 1. The third-order valence-electron chi connectivity index (χ3n) is 2.64. The fourth-order valence-corrected chi connectivity index (χ4v) is 2.40. The number of benzene rings is 1. The average molecular weight is 296 g/mol. The first-order valence-corrected chi connectivity index (χ1v) is 6.06. The predicted molar refractivity (Wildman–Crippen MR) is 68.9 cm³/mol. The summed E-state index contributed by atoms with van der Waals surface area (Å²) in [7, 11) is 1.85. The summed E-state index contributed by atoms with van der Waals surface area (Å²) in [4.78, 5) is 0. The van der Waals surface area contributed by atoms with Crippen molar-refractivity contribution in [1.82, 2.24) is 20.4 Å². The van der Waals surface area contributed by atoms with Gasteiger partial charge in [0.15, 0.2) is 4.60 Å². The highest BCUT2D eigenvalue weighted by molar-refractivity contribution is 9.10. The molecule has 1 unspecified atom stereocenters. The molecule has 2 rings (SSSR count). The second-order valence-electron chi connectivity index (χ2n) is 3.80. The van der Waals surface area contributed by atoms with Gasteiger partial charge < -0.3 is 0 Å². The molecule has 90 valence electrons. The largest absolute Gasteiger partial charge is 0.271 e. The van der Waals surface area contributed by atoms with Gasteiger partial charge in [-0.2, -0.15) is 0 Å². The van der Waals surface area contributed by atoms with Crippen LogP contribution in [0.25, 0.3) is 0 Å². The molecule has 1 atom stereocenters. The second kappa shape index (κ2) is 5.39. The molecular formula is C11H14BrN5. The lowest BCUT2D eigenvalue weighted by molar-refractivity contribution is 0.505. The Labute approximate surface area is 108 Å². The molecule has 0 aliphatic rings. The van der Waals surface area contributed by atoms with E-state index < -0.39 is 0 Å². The minimum Gasteiger partial charge on any atom is -0.271 e. The first kappa shape index (κ1) is 12.2. The minimum atomic E-state index is -0.0215. The van der Waals surface area contributed by atoms with E-state index in [9.17, 15) is 0 Å². The summed E-state index contributed by atoms with van der Waals surface area (Å²) in [5, 5.41) is 7.91. The SMILES string of the molecule is Cn1nnc(Br)c1C(Cc1ccccc1)NN. The lowest BCUT2D eigenvalue weighted by Gasteiger charge is -2.16. The Morgan fingerprint density at radius 1 is 1.41 bits per heavy atom. The molecule has 1 aromatic heterocycles. The number of hydrogen-bond donors (Lipinski definition) is 2. The number of aromatic nitrogens is 3. The summed E-state index contributed by atoms with van der Waals surface area (Å²) in [6, 6.07) is 10.1. The molecule has 2 aromatic rings. The zero-order chi connectivity index (χ0) is 12.3. The number of aryl methyl sites for hydroxylation is 1. The van der Waals surface area contributed by atoms with Gasteiger partial charge in [-0.1, -0.05) is 35.5 Å². The van der Waals surface area contributed by atoms with E-state index in [0.29, 0.717) is 0 Å². The average Bonchev–Trinajstić information content (AvgIpc) is 2.68. The van der Waals surface area contributed by atoms with E-state index in [1.807, 2.05) is 25.2 Å². The molecular weight excluding hydrogens is 282 g/mol. The summed E-state index contributed by atoms with van der Waals surface area (Å²) < 4.78 is 2.44. The highest BCUT2D eigenvalue weighted by Gasteiger charge is 2.19. The van der Waals surface area contributed by atoms with Gasteiger partial charge in [0, 0.05) is 7.05 Å². The van der Waals surface area contributed by atoms with Crippen LogP contribution in [0.4, 0.5) is 0 Å². The van der Waals surface area contributed by atoms with Gasteiger partial charge in [0.1, 0.15) is 0 Å². The molecule has 0 spiro atoms. The van der Waals surface area contributed by atoms with E-state index >= 15 is 0 Å². The summed E-state index contributed by atoms with van der Waals surface area (Å²) >= 11 is 3.38. The maximum absolute atomic E-state index is 5.61. The Balaban J connectivity index is 2.23. The monoisotopic (exact) mass is 295 g/mol. The van der Waals surface area contributed by atoms with E-state index in [2.05, 4.69) is 43.8 Å². The van der Waals surface area contributed by atoms with E-state index in [1.165, 1.54) is 5.56 Å². The summed E-state index contributed by atoms with van der Waals surface area (Å²) in [6.45, 7) is 0. The van der Waals surface area contributed by atoms with Crippen molar-refractivity contribution in [1.29, 1.82) is 0 Å². The molecule has 0 saturated heterocycles. The van der Waals surface area contributed by atoms with Crippen LogP contribution >= 0.6 is 15.9 Å². The van der Waals surface area contributed by atoms with Gasteiger partial charge in [-0.05, 0) is 27.9 Å². The third kappa shape index (κ3) is 2.71. The standard InChI is InChI=1S/C11H14BrN5/c1-17-10(11(12)15-16-17)9(14-13)7-8-5-3-2-4-6-8/h2-6,9,14H,7,13H2,1H3. The molecule has 0 fully saturated rings. The van der Waals surface area contributed by atoms with Gasteiger partial charge in [-0.3, -0.25) is 11.3 Å². The molecule has 0 aliphatic heterocycles. The number of nitrogens with one attached hydrogen (secondary N) is 1. The van der Waals surface area contributed by atoms with Crippen molar-refractivity contribution in [3.8, 4) is 0 Å². The molecule has 1 heterocycles. The van der Waals surface area contributed by atoms with Crippen LogP contribution in [0.5, 0.6) is 0 Å².